The fraction of sp³-hybridized carbons (Fsp3) is 0.600. The summed E-state index contributed by atoms with van der Waals surface area (Å²) in [7, 11) is 0. The molecule has 0 radical (unpaired) electrons. The lowest BCUT2D eigenvalue weighted by Crippen LogP contribution is -1.90. The second-order valence-electron chi connectivity index (χ2n) is 6.39. The molecule has 134 valence electrons. The van der Waals surface area contributed by atoms with E-state index in [1.807, 2.05) is 22.7 Å². The van der Waals surface area contributed by atoms with E-state index in [9.17, 15) is 0 Å². The van der Waals surface area contributed by atoms with E-state index in [0.717, 1.165) is 0 Å². The summed E-state index contributed by atoms with van der Waals surface area (Å²) in [5.74, 6) is 0. The Kier molecular flexibility index (Phi) is 9.61. The fourth-order valence-electron chi connectivity index (χ4n) is 3.02. The van der Waals surface area contributed by atoms with E-state index in [0.29, 0.717) is 0 Å². The van der Waals surface area contributed by atoms with Crippen molar-refractivity contribution in [3.63, 3.8) is 0 Å². The number of hydrogen-bond acceptors (Lipinski definition) is 2. The summed E-state index contributed by atoms with van der Waals surface area (Å²) in [4.78, 5) is 3.00. The highest BCUT2D eigenvalue weighted by Crippen LogP contribution is 2.46. The van der Waals surface area contributed by atoms with Crippen molar-refractivity contribution in [2.24, 2.45) is 0 Å². The molecule has 0 unspecified atom stereocenters. The quantitative estimate of drug-likeness (QED) is 0.274. The maximum atomic E-state index is 3.82. The van der Waals surface area contributed by atoms with Crippen LogP contribution in [0.5, 0.6) is 0 Å². The molecule has 2 rings (SSSR count). The van der Waals surface area contributed by atoms with Crippen LogP contribution in [-0.4, -0.2) is 0 Å². The molecule has 2 aromatic heterocycles. The van der Waals surface area contributed by atoms with Gasteiger partial charge < -0.3 is 0 Å². The third-order valence-electron chi connectivity index (χ3n) is 4.44. The molecule has 4 heteroatoms. The van der Waals surface area contributed by atoms with Crippen LogP contribution in [0.2, 0.25) is 0 Å². The lowest BCUT2D eigenvalue weighted by Gasteiger charge is -2.07. The molecule has 0 spiro atoms. The van der Waals surface area contributed by atoms with Gasteiger partial charge in [-0.3, -0.25) is 0 Å². The zero-order chi connectivity index (χ0) is 17.4. The number of rotatable bonds is 11. The summed E-state index contributed by atoms with van der Waals surface area (Å²) in [6, 6.07) is 2.34. The van der Waals surface area contributed by atoms with Crippen molar-refractivity contribution in [2.45, 2.75) is 78.1 Å². The van der Waals surface area contributed by atoms with Gasteiger partial charge in [-0.05, 0) is 80.1 Å². The van der Waals surface area contributed by atoms with Gasteiger partial charge in [0, 0.05) is 9.35 Å². The maximum Gasteiger partial charge on any atom is 0.0850 e. The standard InChI is InChI=1S/C20H28Br2S2/c1-3-5-7-9-11-15-13-14-23-18(15)19-16(12-10-8-6-4-2)17(21)20(22)24-19/h13-14H,3-12H2,1-2H3. The van der Waals surface area contributed by atoms with Crippen LogP contribution in [0.1, 0.15) is 76.3 Å². The van der Waals surface area contributed by atoms with E-state index in [4.69, 9.17) is 0 Å². The Morgan fingerprint density at radius 3 is 2.17 bits per heavy atom. The molecular formula is C20H28Br2S2. The third kappa shape index (κ3) is 5.69. The van der Waals surface area contributed by atoms with Crippen molar-refractivity contribution >= 4 is 54.5 Å². The van der Waals surface area contributed by atoms with Crippen LogP contribution >= 0.6 is 54.5 Å². The van der Waals surface area contributed by atoms with Gasteiger partial charge in [0.2, 0.25) is 0 Å². The van der Waals surface area contributed by atoms with Gasteiger partial charge >= 0.3 is 0 Å². The zero-order valence-electron chi connectivity index (χ0n) is 14.8. The zero-order valence-corrected chi connectivity index (χ0v) is 19.6. The summed E-state index contributed by atoms with van der Waals surface area (Å²) in [5, 5.41) is 2.27. The Morgan fingerprint density at radius 1 is 0.833 bits per heavy atom. The van der Waals surface area contributed by atoms with Crippen molar-refractivity contribution in [2.75, 3.05) is 0 Å². The smallest absolute Gasteiger partial charge is 0.0850 e. The van der Waals surface area contributed by atoms with Crippen LogP contribution in [0.15, 0.2) is 19.7 Å². The molecule has 0 nitrogen and oxygen atoms in total. The van der Waals surface area contributed by atoms with Crippen LogP contribution in [-0.2, 0) is 12.8 Å². The van der Waals surface area contributed by atoms with E-state index < -0.39 is 0 Å². The Balaban J connectivity index is 2.13. The first-order valence-corrected chi connectivity index (χ1v) is 12.5. The summed E-state index contributed by atoms with van der Waals surface area (Å²) < 4.78 is 2.53. The maximum absolute atomic E-state index is 3.82. The molecule has 0 N–H and O–H groups in total. The van der Waals surface area contributed by atoms with Gasteiger partial charge in [-0.25, -0.2) is 0 Å². The minimum absolute atomic E-state index is 1.19. The fourth-order valence-corrected chi connectivity index (χ4v) is 6.65. The SMILES string of the molecule is CCCCCCc1ccsc1-c1sc(Br)c(Br)c1CCCCCC. The van der Waals surface area contributed by atoms with Gasteiger partial charge in [-0.1, -0.05) is 52.4 Å². The van der Waals surface area contributed by atoms with Gasteiger partial charge in [0.1, 0.15) is 0 Å². The molecule has 0 saturated carbocycles. The third-order valence-corrected chi connectivity index (χ3v) is 9.13. The second-order valence-corrected chi connectivity index (χ2v) is 10.4. The molecule has 24 heavy (non-hydrogen) atoms. The van der Waals surface area contributed by atoms with E-state index in [2.05, 4.69) is 57.2 Å². The highest BCUT2D eigenvalue weighted by atomic mass is 79.9. The first kappa shape index (κ1) is 20.7. The molecule has 0 aromatic carbocycles. The van der Waals surface area contributed by atoms with Crippen LogP contribution < -0.4 is 0 Å². The van der Waals surface area contributed by atoms with E-state index in [1.54, 1.807) is 5.56 Å². The predicted molar refractivity (Wildman–Crippen MR) is 119 cm³/mol. The Hall–Kier alpha value is 0.360. The average molecular weight is 492 g/mol. The molecule has 2 heterocycles. The van der Waals surface area contributed by atoms with Crippen molar-refractivity contribution in [3.05, 3.63) is 30.8 Å². The van der Waals surface area contributed by atoms with E-state index in [-0.39, 0.29) is 0 Å². The molecule has 0 fully saturated rings. The molecule has 0 bridgehead atoms. The Labute approximate surface area is 172 Å². The number of halogens is 2. The molecule has 0 aliphatic heterocycles. The van der Waals surface area contributed by atoms with Gasteiger partial charge in [0.05, 0.1) is 8.66 Å². The number of thiophene rings is 2. The summed E-state index contributed by atoms with van der Waals surface area (Å²) in [6.07, 6.45) is 13.0. The number of aryl methyl sites for hydroxylation is 1. The van der Waals surface area contributed by atoms with Gasteiger partial charge in [-0.2, -0.15) is 0 Å². The van der Waals surface area contributed by atoms with Gasteiger partial charge in [-0.15, -0.1) is 22.7 Å². The second kappa shape index (κ2) is 11.2. The minimum Gasteiger partial charge on any atom is -0.143 e. The van der Waals surface area contributed by atoms with Crippen LogP contribution in [0.4, 0.5) is 0 Å². The highest BCUT2D eigenvalue weighted by Gasteiger charge is 2.19. The lowest BCUT2D eigenvalue weighted by molar-refractivity contribution is 0.666. The van der Waals surface area contributed by atoms with E-state index >= 15 is 0 Å². The Morgan fingerprint density at radius 2 is 1.50 bits per heavy atom. The van der Waals surface area contributed by atoms with E-state index in [1.165, 1.54) is 87.8 Å². The minimum atomic E-state index is 1.19. The van der Waals surface area contributed by atoms with Crippen molar-refractivity contribution in [1.82, 2.24) is 0 Å². The topological polar surface area (TPSA) is 0 Å². The lowest BCUT2D eigenvalue weighted by atomic mass is 10.0. The van der Waals surface area contributed by atoms with Crippen LogP contribution in [0.25, 0.3) is 9.75 Å². The molecule has 0 aliphatic rings. The largest absolute Gasteiger partial charge is 0.143 e. The predicted octanol–water partition coefficient (Wildman–Crippen LogP) is 9.25. The highest BCUT2D eigenvalue weighted by molar-refractivity contribution is 9.13. The average Bonchev–Trinajstić information content (AvgIpc) is 3.14. The normalized spacial score (nSPS) is 11.3. The summed E-state index contributed by atoms with van der Waals surface area (Å²) in [6.45, 7) is 4.56. The first-order valence-electron chi connectivity index (χ1n) is 9.22. The van der Waals surface area contributed by atoms with Crippen molar-refractivity contribution in [3.8, 4) is 9.75 Å². The summed E-state index contributed by atoms with van der Waals surface area (Å²) >= 11 is 11.4. The van der Waals surface area contributed by atoms with Gasteiger partial charge in [0.25, 0.3) is 0 Å². The summed E-state index contributed by atoms with van der Waals surface area (Å²) in [5.41, 5.74) is 3.06. The first-order chi connectivity index (χ1) is 11.7. The molecular weight excluding hydrogens is 464 g/mol. The van der Waals surface area contributed by atoms with Crippen LogP contribution in [0.3, 0.4) is 0 Å². The molecule has 2 aromatic rings. The van der Waals surface area contributed by atoms with Gasteiger partial charge in [0.15, 0.2) is 0 Å². The van der Waals surface area contributed by atoms with Crippen molar-refractivity contribution in [1.29, 1.82) is 0 Å². The van der Waals surface area contributed by atoms with Crippen LogP contribution in [0, 0.1) is 0 Å². The molecule has 0 aliphatic carbocycles. The Bertz CT molecular complexity index is 613. The van der Waals surface area contributed by atoms with Crippen molar-refractivity contribution < 1.29 is 0 Å². The molecule has 0 amide bonds. The monoisotopic (exact) mass is 490 g/mol. The number of unbranched alkanes of at least 4 members (excludes halogenated alkanes) is 6. The molecule has 0 saturated heterocycles. The number of hydrogen-bond donors (Lipinski definition) is 0. The molecule has 0 atom stereocenters.